The van der Waals surface area contributed by atoms with Gasteiger partial charge < -0.3 is 5.32 Å². The normalized spacial score (nSPS) is 10.7. The van der Waals surface area contributed by atoms with E-state index in [0.29, 0.717) is 0 Å². The van der Waals surface area contributed by atoms with Crippen molar-refractivity contribution in [3.63, 3.8) is 0 Å². The molecule has 4 aromatic rings. The minimum atomic E-state index is 0.798. The van der Waals surface area contributed by atoms with Gasteiger partial charge >= 0.3 is 0 Å². The molecule has 2 aromatic carbocycles. The Labute approximate surface area is 132 Å². The SMILES string of the molecule is c1ccc(Nc2cc(-c3csc4ccccc34)ncn2)cc1. The van der Waals surface area contributed by atoms with Crippen LogP contribution >= 0.6 is 11.3 Å². The maximum atomic E-state index is 4.43. The van der Waals surface area contributed by atoms with Crippen LogP contribution in [0.15, 0.2) is 72.4 Å². The number of benzene rings is 2. The molecule has 2 aromatic heterocycles. The second-order valence-electron chi connectivity index (χ2n) is 4.93. The van der Waals surface area contributed by atoms with Gasteiger partial charge in [-0.3, -0.25) is 0 Å². The molecule has 0 fully saturated rings. The van der Waals surface area contributed by atoms with E-state index < -0.39 is 0 Å². The van der Waals surface area contributed by atoms with Gasteiger partial charge in [0.1, 0.15) is 12.1 Å². The highest BCUT2D eigenvalue weighted by Crippen LogP contribution is 2.33. The number of anilines is 2. The lowest BCUT2D eigenvalue weighted by molar-refractivity contribution is 1.17. The van der Waals surface area contributed by atoms with Gasteiger partial charge in [0.15, 0.2) is 0 Å². The molecule has 0 atom stereocenters. The first-order chi connectivity index (χ1) is 10.9. The molecule has 4 heteroatoms. The van der Waals surface area contributed by atoms with E-state index in [2.05, 4.69) is 44.9 Å². The average molecular weight is 303 g/mol. The summed E-state index contributed by atoms with van der Waals surface area (Å²) in [5, 5.41) is 6.69. The predicted molar refractivity (Wildman–Crippen MR) is 92.6 cm³/mol. The van der Waals surface area contributed by atoms with Gasteiger partial charge in [0.05, 0.1) is 5.69 Å². The summed E-state index contributed by atoms with van der Waals surface area (Å²) in [5.41, 5.74) is 3.10. The second-order valence-corrected chi connectivity index (χ2v) is 5.84. The van der Waals surface area contributed by atoms with Crippen molar-refractivity contribution >= 4 is 32.9 Å². The Kier molecular flexibility index (Phi) is 3.29. The summed E-state index contributed by atoms with van der Waals surface area (Å²) in [6.07, 6.45) is 1.60. The third kappa shape index (κ3) is 2.44. The maximum Gasteiger partial charge on any atom is 0.134 e. The molecule has 1 N–H and O–H groups in total. The van der Waals surface area contributed by atoms with E-state index in [4.69, 9.17) is 0 Å². The smallest absolute Gasteiger partial charge is 0.134 e. The first-order valence-corrected chi connectivity index (χ1v) is 7.89. The van der Waals surface area contributed by atoms with Crippen molar-refractivity contribution in [2.45, 2.75) is 0 Å². The van der Waals surface area contributed by atoms with Gasteiger partial charge in [0, 0.05) is 32.8 Å². The highest BCUT2D eigenvalue weighted by molar-refractivity contribution is 7.17. The van der Waals surface area contributed by atoms with Crippen LogP contribution in [-0.2, 0) is 0 Å². The number of nitrogens with zero attached hydrogens (tertiary/aromatic N) is 2. The maximum absolute atomic E-state index is 4.43. The van der Waals surface area contributed by atoms with Gasteiger partial charge in [0.2, 0.25) is 0 Å². The van der Waals surface area contributed by atoms with Crippen LogP contribution in [0, 0.1) is 0 Å². The first kappa shape index (κ1) is 13.0. The number of thiophene rings is 1. The number of nitrogens with one attached hydrogen (secondary N) is 1. The summed E-state index contributed by atoms with van der Waals surface area (Å²) in [6, 6.07) is 20.4. The van der Waals surface area contributed by atoms with Gasteiger partial charge in [-0.15, -0.1) is 11.3 Å². The first-order valence-electron chi connectivity index (χ1n) is 7.01. The molecule has 4 rings (SSSR count). The largest absolute Gasteiger partial charge is 0.340 e. The summed E-state index contributed by atoms with van der Waals surface area (Å²) < 4.78 is 1.27. The zero-order chi connectivity index (χ0) is 14.8. The topological polar surface area (TPSA) is 37.8 Å². The summed E-state index contributed by atoms with van der Waals surface area (Å²) in [7, 11) is 0. The number of hydrogen-bond acceptors (Lipinski definition) is 4. The lowest BCUT2D eigenvalue weighted by atomic mass is 10.1. The van der Waals surface area contributed by atoms with Crippen molar-refractivity contribution in [1.29, 1.82) is 0 Å². The molecule has 0 saturated heterocycles. The van der Waals surface area contributed by atoms with Gasteiger partial charge in [0.25, 0.3) is 0 Å². The van der Waals surface area contributed by atoms with E-state index in [0.717, 1.165) is 22.8 Å². The Bertz CT molecular complexity index is 916. The van der Waals surface area contributed by atoms with E-state index in [-0.39, 0.29) is 0 Å². The van der Waals surface area contributed by atoms with Crippen molar-refractivity contribution in [3.8, 4) is 11.3 Å². The summed E-state index contributed by atoms with van der Waals surface area (Å²) in [4.78, 5) is 8.73. The minimum absolute atomic E-state index is 0.798. The van der Waals surface area contributed by atoms with Crippen molar-refractivity contribution in [1.82, 2.24) is 9.97 Å². The van der Waals surface area contributed by atoms with E-state index in [1.54, 1.807) is 17.7 Å². The van der Waals surface area contributed by atoms with Crippen LogP contribution in [0.1, 0.15) is 0 Å². The van der Waals surface area contributed by atoms with Crippen LogP contribution < -0.4 is 5.32 Å². The third-order valence-electron chi connectivity index (χ3n) is 3.47. The average Bonchev–Trinajstić information content (AvgIpc) is 3.00. The molecule has 0 radical (unpaired) electrons. The lowest BCUT2D eigenvalue weighted by Crippen LogP contribution is -1.94. The molecule has 0 bridgehead atoms. The standard InChI is InChI=1S/C18H13N3S/c1-2-6-13(7-3-1)21-18-10-16(19-12-20-18)15-11-22-17-9-5-4-8-14(15)17/h1-12H,(H,19,20,21). The van der Waals surface area contributed by atoms with E-state index in [1.165, 1.54) is 10.1 Å². The molecule has 106 valence electrons. The fourth-order valence-electron chi connectivity index (χ4n) is 2.42. The Morgan fingerprint density at radius 2 is 1.68 bits per heavy atom. The van der Waals surface area contributed by atoms with E-state index in [9.17, 15) is 0 Å². The van der Waals surface area contributed by atoms with Gasteiger partial charge in [-0.25, -0.2) is 9.97 Å². The fourth-order valence-corrected chi connectivity index (χ4v) is 3.37. The molecule has 0 unspecified atom stereocenters. The van der Waals surface area contributed by atoms with Crippen LogP contribution in [0.25, 0.3) is 21.3 Å². The Morgan fingerprint density at radius 1 is 0.864 bits per heavy atom. The Hall–Kier alpha value is -2.72. The molecular weight excluding hydrogens is 290 g/mol. The number of aromatic nitrogens is 2. The highest BCUT2D eigenvalue weighted by atomic mass is 32.1. The minimum Gasteiger partial charge on any atom is -0.340 e. The van der Waals surface area contributed by atoms with Crippen LogP contribution in [0.4, 0.5) is 11.5 Å². The molecule has 22 heavy (non-hydrogen) atoms. The molecule has 0 aliphatic heterocycles. The van der Waals surface area contributed by atoms with Crippen LogP contribution in [0.2, 0.25) is 0 Å². The zero-order valence-electron chi connectivity index (χ0n) is 11.7. The quantitative estimate of drug-likeness (QED) is 0.572. The molecule has 0 amide bonds. The number of fused-ring (bicyclic) bond motifs is 1. The lowest BCUT2D eigenvalue weighted by Gasteiger charge is -2.06. The molecule has 0 aliphatic carbocycles. The summed E-state index contributed by atoms with van der Waals surface area (Å²) in [6.45, 7) is 0. The Morgan fingerprint density at radius 3 is 2.59 bits per heavy atom. The Balaban J connectivity index is 1.73. The zero-order valence-corrected chi connectivity index (χ0v) is 12.5. The van der Waals surface area contributed by atoms with E-state index in [1.807, 2.05) is 36.4 Å². The summed E-state index contributed by atoms with van der Waals surface area (Å²) in [5.74, 6) is 0.798. The highest BCUT2D eigenvalue weighted by Gasteiger charge is 2.08. The van der Waals surface area contributed by atoms with Gasteiger partial charge in [-0.1, -0.05) is 36.4 Å². The van der Waals surface area contributed by atoms with Crippen molar-refractivity contribution in [2.24, 2.45) is 0 Å². The van der Waals surface area contributed by atoms with Gasteiger partial charge in [-0.2, -0.15) is 0 Å². The monoisotopic (exact) mass is 303 g/mol. The fraction of sp³-hybridized carbons (Fsp3) is 0. The molecule has 0 aliphatic rings. The van der Waals surface area contributed by atoms with Crippen molar-refractivity contribution in [3.05, 3.63) is 72.4 Å². The third-order valence-corrected chi connectivity index (χ3v) is 4.43. The molecular formula is C18H13N3S. The van der Waals surface area contributed by atoms with Crippen molar-refractivity contribution in [2.75, 3.05) is 5.32 Å². The van der Waals surface area contributed by atoms with Crippen LogP contribution in [0.5, 0.6) is 0 Å². The van der Waals surface area contributed by atoms with Crippen LogP contribution in [-0.4, -0.2) is 9.97 Å². The number of hydrogen-bond donors (Lipinski definition) is 1. The molecule has 2 heterocycles. The molecule has 0 saturated carbocycles. The second kappa shape index (κ2) is 5.58. The van der Waals surface area contributed by atoms with Crippen LogP contribution in [0.3, 0.4) is 0 Å². The molecule has 0 spiro atoms. The van der Waals surface area contributed by atoms with Crippen molar-refractivity contribution < 1.29 is 0 Å². The molecule has 3 nitrogen and oxygen atoms in total. The summed E-state index contributed by atoms with van der Waals surface area (Å²) >= 11 is 1.74. The van der Waals surface area contributed by atoms with E-state index >= 15 is 0 Å². The predicted octanol–water partition coefficient (Wildman–Crippen LogP) is 5.10. The number of para-hydroxylation sites is 1. The van der Waals surface area contributed by atoms with Gasteiger partial charge in [-0.05, 0) is 18.2 Å². The number of rotatable bonds is 3.